The Kier molecular flexibility index (Phi) is 4.61. The molecule has 0 radical (unpaired) electrons. The van der Waals surface area contributed by atoms with E-state index in [0.717, 1.165) is 49.3 Å². The molecule has 3 rings (SSSR count). The van der Waals surface area contributed by atoms with Gasteiger partial charge in [-0.05, 0) is 44.2 Å². The zero-order valence-corrected chi connectivity index (χ0v) is 13.5. The summed E-state index contributed by atoms with van der Waals surface area (Å²) in [6, 6.07) is 8.32. The highest BCUT2D eigenvalue weighted by Gasteiger charge is 2.20. The lowest BCUT2D eigenvalue weighted by molar-refractivity contribution is 0.622. The summed E-state index contributed by atoms with van der Waals surface area (Å²) in [4.78, 5) is 8.87. The summed E-state index contributed by atoms with van der Waals surface area (Å²) in [5.41, 5.74) is 2.30. The van der Waals surface area contributed by atoms with E-state index in [4.69, 9.17) is 0 Å². The molecule has 0 saturated heterocycles. The van der Waals surface area contributed by atoms with Crippen molar-refractivity contribution in [3.8, 4) is 0 Å². The van der Waals surface area contributed by atoms with Crippen molar-refractivity contribution in [1.82, 2.24) is 20.2 Å². The smallest absolute Gasteiger partial charge is 0.190 e. The molecular weight excluding hydrogens is 274 g/mol. The van der Waals surface area contributed by atoms with Gasteiger partial charge in [0.1, 0.15) is 5.82 Å². The van der Waals surface area contributed by atoms with Crippen LogP contribution in [-0.4, -0.2) is 35.6 Å². The van der Waals surface area contributed by atoms with Gasteiger partial charge in [-0.3, -0.25) is 4.99 Å². The molecule has 1 heterocycles. The first kappa shape index (κ1) is 14.9. The van der Waals surface area contributed by atoms with Gasteiger partial charge in [0.2, 0.25) is 0 Å². The summed E-state index contributed by atoms with van der Waals surface area (Å²) >= 11 is 0. The number of para-hydroxylation sites is 2. The lowest BCUT2D eigenvalue weighted by Gasteiger charge is -2.12. The second-order valence-corrected chi connectivity index (χ2v) is 5.98. The molecule has 5 heteroatoms. The minimum atomic E-state index is 0.860. The summed E-state index contributed by atoms with van der Waals surface area (Å²) in [5.74, 6) is 2.86. The van der Waals surface area contributed by atoms with Crippen LogP contribution in [0.5, 0.6) is 0 Å². The molecule has 1 aromatic carbocycles. The van der Waals surface area contributed by atoms with Crippen LogP contribution in [0.2, 0.25) is 0 Å². The van der Waals surface area contributed by atoms with Gasteiger partial charge in [0, 0.05) is 26.7 Å². The van der Waals surface area contributed by atoms with E-state index in [-0.39, 0.29) is 0 Å². The zero-order chi connectivity index (χ0) is 15.4. The summed E-state index contributed by atoms with van der Waals surface area (Å²) in [7, 11) is 1.83. The Labute approximate surface area is 131 Å². The van der Waals surface area contributed by atoms with E-state index in [1.807, 2.05) is 13.1 Å². The first-order valence-corrected chi connectivity index (χ1v) is 8.14. The van der Waals surface area contributed by atoms with Crippen molar-refractivity contribution >= 4 is 17.0 Å². The second kappa shape index (κ2) is 6.81. The Balaban J connectivity index is 1.48. The van der Waals surface area contributed by atoms with Crippen molar-refractivity contribution < 1.29 is 0 Å². The molecule has 1 aliphatic carbocycles. The van der Waals surface area contributed by atoms with E-state index < -0.39 is 0 Å². The van der Waals surface area contributed by atoms with Crippen LogP contribution in [0.3, 0.4) is 0 Å². The number of aromatic nitrogens is 2. The van der Waals surface area contributed by atoms with Gasteiger partial charge in [-0.15, -0.1) is 0 Å². The molecule has 2 aromatic rings. The summed E-state index contributed by atoms with van der Waals surface area (Å²) in [5, 5.41) is 6.77. The molecular formula is C17H25N5. The van der Waals surface area contributed by atoms with E-state index in [1.165, 1.54) is 18.4 Å². The van der Waals surface area contributed by atoms with Crippen molar-refractivity contribution in [2.24, 2.45) is 10.9 Å². The maximum Gasteiger partial charge on any atom is 0.190 e. The predicted octanol–water partition coefficient (Wildman–Crippen LogP) is 2.31. The lowest BCUT2D eigenvalue weighted by Crippen LogP contribution is -2.39. The van der Waals surface area contributed by atoms with E-state index in [1.54, 1.807) is 0 Å². The summed E-state index contributed by atoms with van der Waals surface area (Å²) < 4.78 is 2.29. The Morgan fingerprint density at radius 3 is 2.91 bits per heavy atom. The van der Waals surface area contributed by atoms with E-state index in [2.05, 4.69) is 50.3 Å². The van der Waals surface area contributed by atoms with Crippen molar-refractivity contribution in [2.45, 2.75) is 32.7 Å². The van der Waals surface area contributed by atoms with Crippen LogP contribution in [0, 0.1) is 12.8 Å². The Morgan fingerprint density at radius 1 is 1.32 bits per heavy atom. The molecule has 0 bridgehead atoms. The van der Waals surface area contributed by atoms with E-state index in [9.17, 15) is 0 Å². The average Bonchev–Trinajstić information content (AvgIpc) is 3.30. The number of imidazole rings is 1. The lowest BCUT2D eigenvalue weighted by atomic mass is 10.3. The fraction of sp³-hybridized carbons (Fsp3) is 0.529. The molecule has 0 spiro atoms. The minimum Gasteiger partial charge on any atom is -0.356 e. The number of guanidine groups is 1. The zero-order valence-electron chi connectivity index (χ0n) is 13.5. The number of hydrogen-bond acceptors (Lipinski definition) is 2. The molecule has 0 amide bonds. The molecule has 0 atom stereocenters. The monoisotopic (exact) mass is 299 g/mol. The SMILES string of the molecule is CN=C(NCCCn1c(C)nc2ccccc21)NCC1CC1. The second-order valence-electron chi connectivity index (χ2n) is 5.98. The minimum absolute atomic E-state index is 0.860. The Bertz CT molecular complexity index is 654. The van der Waals surface area contributed by atoms with Crippen LogP contribution >= 0.6 is 0 Å². The standard InChI is InChI=1S/C17H25N5/c1-13-21-15-6-3-4-7-16(15)22(13)11-5-10-19-17(18-2)20-12-14-8-9-14/h3-4,6-7,14H,5,8-12H2,1-2H3,(H2,18,19,20). The molecule has 0 unspecified atom stereocenters. The molecule has 1 saturated carbocycles. The van der Waals surface area contributed by atoms with Gasteiger partial charge in [-0.25, -0.2) is 4.98 Å². The largest absolute Gasteiger partial charge is 0.356 e. The van der Waals surface area contributed by atoms with Gasteiger partial charge in [0.25, 0.3) is 0 Å². The molecule has 1 aromatic heterocycles. The molecule has 2 N–H and O–H groups in total. The molecule has 1 aliphatic rings. The van der Waals surface area contributed by atoms with E-state index >= 15 is 0 Å². The van der Waals surface area contributed by atoms with Gasteiger partial charge < -0.3 is 15.2 Å². The molecule has 1 fully saturated rings. The van der Waals surface area contributed by atoms with Crippen molar-refractivity contribution in [3.63, 3.8) is 0 Å². The van der Waals surface area contributed by atoms with Crippen LogP contribution < -0.4 is 10.6 Å². The molecule has 5 nitrogen and oxygen atoms in total. The Hall–Kier alpha value is -2.04. The van der Waals surface area contributed by atoms with Crippen molar-refractivity contribution in [1.29, 1.82) is 0 Å². The third kappa shape index (κ3) is 3.59. The number of aryl methyl sites for hydroxylation is 2. The topological polar surface area (TPSA) is 54.2 Å². The van der Waals surface area contributed by atoms with Crippen molar-refractivity contribution in [3.05, 3.63) is 30.1 Å². The van der Waals surface area contributed by atoms with Gasteiger partial charge in [0.05, 0.1) is 11.0 Å². The maximum atomic E-state index is 4.61. The Morgan fingerprint density at radius 2 is 2.14 bits per heavy atom. The predicted molar refractivity (Wildman–Crippen MR) is 91.2 cm³/mol. The number of hydrogen-bond donors (Lipinski definition) is 2. The normalized spacial score (nSPS) is 15.3. The fourth-order valence-corrected chi connectivity index (χ4v) is 2.71. The number of rotatable bonds is 6. The highest BCUT2D eigenvalue weighted by molar-refractivity contribution is 5.79. The number of aliphatic imine (C=N–C) groups is 1. The van der Waals surface area contributed by atoms with Crippen LogP contribution in [-0.2, 0) is 6.54 Å². The summed E-state index contributed by atoms with van der Waals surface area (Å²) in [6.45, 7) is 5.00. The highest BCUT2D eigenvalue weighted by atomic mass is 15.2. The molecule has 22 heavy (non-hydrogen) atoms. The quantitative estimate of drug-likeness (QED) is 0.489. The van der Waals surface area contributed by atoms with Crippen molar-refractivity contribution in [2.75, 3.05) is 20.1 Å². The molecule has 0 aliphatic heterocycles. The fourth-order valence-electron chi connectivity index (χ4n) is 2.71. The van der Waals surface area contributed by atoms with Crippen LogP contribution in [0.4, 0.5) is 0 Å². The van der Waals surface area contributed by atoms with Gasteiger partial charge in [-0.2, -0.15) is 0 Å². The number of nitrogens with one attached hydrogen (secondary N) is 2. The summed E-state index contributed by atoms with van der Waals surface area (Å²) in [6.07, 6.45) is 3.76. The van der Waals surface area contributed by atoms with Crippen LogP contribution in [0.15, 0.2) is 29.3 Å². The third-order valence-corrected chi connectivity index (χ3v) is 4.18. The number of benzene rings is 1. The van der Waals surface area contributed by atoms with Crippen LogP contribution in [0.1, 0.15) is 25.1 Å². The van der Waals surface area contributed by atoms with E-state index in [0.29, 0.717) is 0 Å². The van der Waals surface area contributed by atoms with Gasteiger partial charge in [-0.1, -0.05) is 12.1 Å². The number of nitrogens with zero attached hydrogens (tertiary/aromatic N) is 3. The maximum absolute atomic E-state index is 4.61. The van der Waals surface area contributed by atoms with Crippen LogP contribution in [0.25, 0.3) is 11.0 Å². The first-order valence-electron chi connectivity index (χ1n) is 8.14. The van der Waals surface area contributed by atoms with Gasteiger partial charge >= 0.3 is 0 Å². The third-order valence-electron chi connectivity index (χ3n) is 4.18. The molecule has 118 valence electrons. The van der Waals surface area contributed by atoms with Gasteiger partial charge in [0.15, 0.2) is 5.96 Å². The number of fused-ring (bicyclic) bond motifs is 1. The average molecular weight is 299 g/mol. The first-order chi connectivity index (χ1) is 10.8. The highest BCUT2D eigenvalue weighted by Crippen LogP contribution is 2.27.